The van der Waals surface area contributed by atoms with Crippen LogP contribution in [0.15, 0.2) is 186 Å². The van der Waals surface area contributed by atoms with Crippen molar-refractivity contribution < 1.29 is 14.0 Å². The van der Waals surface area contributed by atoms with Crippen molar-refractivity contribution in [2.75, 3.05) is 0 Å². The van der Waals surface area contributed by atoms with Crippen LogP contribution in [0.2, 0.25) is 0 Å². The van der Waals surface area contributed by atoms with Gasteiger partial charge >= 0.3 is 0 Å². The second kappa shape index (κ2) is 11.5. The Morgan fingerprint density at radius 2 is 1.15 bits per heavy atom. The van der Waals surface area contributed by atoms with Gasteiger partial charge < -0.3 is 4.42 Å². The van der Waals surface area contributed by atoms with Crippen molar-refractivity contribution >= 4 is 75.7 Å². The van der Waals surface area contributed by atoms with Gasteiger partial charge in [-0.1, -0.05) is 158 Å². The molecule has 242 valence electrons. The van der Waals surface area contributed by atoms with Crippen LogP contribution in [0, 0.1) is 0 Å². The lowest BCUT2D eigenvalue weighted by molar-refractivity contribution is 0.670. The second-order valence-corrected chi connectivity index (χ2v) is 14.1. The average Bonchev–Trinajstić information content (AvgIpc) is 3.87. The Balaban J connectivity index is 1.22. The molecule has 2 heteroatoms. The van der Waals surface area contributed by atoms with Crippen LogP contribution in [-0.4, -0.2) is 0 Å². The molecule has 0 amide bonds. The molecule has 0 bridgehead atoms. The van der Waals surface area contributed by atoms with E-state index in [1.54, 1.807) is 11.3 Å². The Kier molecular flexibility index (Phi) is 5.12. The van der Waals surface area contributed by atoms with Gasteiger partial charge in [0.25, 0.3) is 0 Å². The highest BCUT2D eigenvalue weighted by molar-refractivity contribution is 7.22. The summed E-state index contributed by atoms with van der Waals surface area (Å²) < 4.78 is 69.6. The smallest absolute Gasteiger partial charge is 0.143 e. The largest absolute Gasteiger partial charge is 0.455 e. The minimum atomic E-state index is -0.473. The van der Waals surface area contributed by atoms with Gasteiger partial charge in [-0.05, 0) is 89.8 Å². The van der Waals surface area contributed by atoms with Crippen molar-refractivity contribution in [2.45, 2.75) is 0 Å². The molecule has 11 rings (SSSR count). The Bertz CT molecular complexity index is 3580. The van der Waals surface area contributed by atoms with Crippen molar-refractivity contribution in [3.63, 3.8) is 0 Å². The third-order valence-corrected chi connectivity index (χ3v) is 11.3. The van der Waals surface area contributed by atoms with Gasteiger partial charge in [-0.3, -0.25) is 0 Å². The van der Waals surface area contributed by atoms with E-state index in [2.05, 4.69) is 72.8 Å². The van der Waals surface area contributed by atoms with Crippen LogP contribution in [-0.2, 0) is 0 Å². The number of para-hydroxylation sites is 2. The maximum absolute atomic E-state index is 9.37. The van der Waals surface area contributed by atoms with Gasteiger partial charge in [0, 0.05) is 31.5 Å². The zero-order valence-corrected chi connectivity index (χ0v) is 28.4. The lowest BCUT2D eigenvalue weighted by Gasteiger charge is -2.19. The highest BCUT2D eigenvalue weighted by Gasteiger charge is 2.20. The van der Waals surface area contributed by atoms with Gasteiger partial charge in [-0.25, -0.2) is 0 Å². The molecule has 0 spiro atoms. The summed E-state index contributed by atoms with van der Waals surface area (Å²) in [5.41, 5.74) is 7.61. The van der Waals surface area contributed by atoms with E-state index in [1.165, 1.54) is 0 Å². The quantitative estimate of drug-likeness (QED) is 0.168. The van der Waals surface area contributed by atoms with Crippen molar-refractivity contribution in [3.8, 4) is 43.8 Å². The number of thiophene rings is 1. The second-order valence-electron chi connectivity index (χ2n) is 13.1. The number of hydrogen-bond donors (Lipinski definition) is 0. The molecular weight excluding hydrogens is 649 g/mol. The molecule has 0 saturated heterocycles. The van der Waals surface area contributed by atoms with E-state index in [9.17, 15) is 1.37 Å². The molecule has 0 fully saturated rings. The zero-order valence-electron chi connectivity index (χ0n) is 34.6. The normalized spacial score (nSPS) is 13.7. The molecule has 52 heavy (non-hydrogen) atoms. The van der Waals surface area contributed by atoms with E-state index < -0.39 is 30.2 Å². The van der Waals surface area contributed by atoms with Crippen molar-refractivity contribution in [1.29, 1.82) is 0 Å². The molecule has 2 aromatic heterocycles. The molecule has 0 unspecified atom stereocenters. The predicted molar refractivity (Wildman–Crippen MR) is 223 cm³/mol. The third-order valence-electron chi connectivity index (χ3n) is 10.2. The molecular formula is C50H30OS. The van der Waals surface area contributed by atoms with E-state index >= 15 is 0 Å². The molecule has 0 atom stereocenters. The van der Waals surface area contributed by atoms with Gasteiger partial charge in [0.1, 0.15) is 11.2 Å². The molecule has 0 aliphatic carbocycles. The van der Waals surface area contributed by atoms with Crippen LogP contribution in [0.25, 0.3) is 108 Å². The molecule has 0 aliphatic rings. The van der Waals surface area contributed by atoms with Gasteiger partial charge in [0.05, 0.1) is 9.60 Å². The molecule has 0 N–H and O–H groups in total. The Morgan fingerprint density at radius 3 is 2.06 bits per heavy atom. The number of fused-ring (bicyclic) bond motifs is 7. The third kappa shape index (κ3) is 4.48. The highest BCUT2D eigenvalue weighted by Crippen LogP contribution is 2.49. The lowest BCUT2D eigenvalue weighted by atomic mass is 9.85. The summed E-state index contributed by atoms with van der Waals surface area (Å²) in [5, 5.41) is 6.60. The molecule has 2 heterocycles. The van der Waals surface area contributed by atoms with Crippen molar-refractivity contribution in [2.24, 2.45) is 0 Å². The van der Waals surface area contributed by atoms with Gasteiger partial charge in [0.15, 0.2) is 0 Å². The minimum absolute atomic E-state index is 0.0622. The van der Waals surface area contributed by atoms with E-state index in [0.717, 1.165) is 86.3 Å². The maximum Gasteiger partial charge on any atom is 0.143 e. The highest BCUT2D eigenvalue weighted by atomic mass is 32.1. The molecule has 0 radical (unpaired) electrons. The maximum atomic E-state index is 9.37. The zero-order chi connectivity index (χ0) is 40.3. The number of rotatable bonds is 4. The average molecular weight is 686 g/mol. The Morgan fingerprint density at radius 1 is 0.423 bits per heavy atom. The monoisotopic (exact) mass is 685 g/mol. The van der Waals surface area contributed by atoms with E-state index in [-0.39, 0.29) is 28.4 Å². The van der Waals surface area contributed by atoms with E-state index in [1.807, 2.05) is 66.7 Å². The summed E-state index contributed by atoms with van der Waals surface area (Å²) in [6.45, 7) is 0. The lowest BCUT2D eigenvalue weighted by Crippen LogP contribution is -1.91. The van der Waals surface area contributed by atoms with Crippen LogP contribution in [0.1, 0.15) is 9.60 Å². The van der Waals surface area contributed by atoms with Gasteiger partial charge in [-0.2, -0.15) is 0 Å². The predicted octanol–water partition coefficient (Wildman–Crippen LogP) is 14.9. The fourth-order valence-electron chi connectivity index (χ4n) is 7.82. The summed E-state index contributed by atoms with van der Waals surface area (Å²) >= 11 is 1.70. The Hall–Kier alpha value is -6.48. The topological polar surface area (TPSA) is 13.1 Å². The van der Waals surface area contributed by atoms with Crippen molar-refractivity contribution in [1.82, 2.24) is 0 Å². The first kappa shape index (κ1) is 23.1. The summed E-state index contributed by atoms with van der Waals surface area (Å²) in [5.74, 6) is 0. The SMILES string of the molecule is [2H]c1c([2H])c([2H])c2c(-c3c4ccccc4c(-c4cc5ccc(-c6cccc7c6oc6ccccc67)cc5s4)c4cc(-c5ccccc5)ccc34)c([2H])c([2H])c([2H])c2c1[2H]. The van der Waals surface area contributed by atoms with Crippen molar-refractivity contribution in [3.05, 3.63) is 182 Å². The first-order valence-electron chi connectivity index (χ1n) is 20.7. The van der Waals surface area contributed by atoms with E-state index in [0.29, 0.717) is 5.56 Å². The van der Waals surface area contributed by atoms with Crippen LogP contribution in [0.5, 0.6) is 0 Å². The van der Waals surface area contributed by atoms with Gasteiger partial charge in [0.2, 0.25) is 0 Å². The number of hydrogen-bond acceptors (Lipinski definition) is 2. The van der Waals surface area contributed by atoms with Crippen LogP contribution < -0.4 is 0 Å². The number of furan rings is 1. The van der Waals surface area contributed by atoms with E-state index in [4.69, 9.17) is 12.6 Å². The minimum Gasteiger partial charge on any atom is -0.455 e. The molecule has 11 aromatic rings. The van der Waals surface area contributed by atoms with Crippen LogP contribution in [0.3, 0.4) is 0 Å². The summed E-state index contributed by atoms with van der Waals surface area (Å²) in [7, 11) is 0. The first-order chi connectivity index (χ1) is 28.7. The fraction of sp³-hybridized carbons (Fsp3) is 0. The summed E-state index contributed by atoms with van der Waals surface area (Å²) in [4.78, 5) is 1.04. The van der Waals surface area contributed by atoms with Crippen LogP contribution >= 0.6 is 11.3 Å². The first-order valence-corrected chi connectivity index (χ1v) is 18.0. The Labute approximate surface area is 314 Å². The van der Waals surface area contributed by atoms with Gasteiger partial charge in [-0.15, -0.1) is 11.3 Å². The summed E-state index contributed by atoms with van der Waals surface area (Å²) in [6.07, 6.45) is 0. The summed E-state index contributed by atoms with van der Waals surface area (Å²) in [6, 6.07) is 44.8. The fourth-order valence-corrected chi connectivity index (χ4v) is 9.00. The number of benzene rings is 9. The molecule has 0 saturated carbocycles. The molecule has 1 nitrogen and oxygen atoms in total. The standard InChI is InChI=1S/C50H30OS/c1-2-12-31(13-3-1)33-26-27-42-44(28-33)49(41-19-7-6-18-40(41)48(42)39-21-10-15-32-14-4-5-16-36(32)39)47-30-35-25-24-34(29-46(35)52-47)37-20-11-22-43-38-17-8-9-23-45(38)51-50(37)43/h1-30H/i4D,5D,10D,14D,15D,16D,21D. The molecule has 9 aromatic carbocycles. The van der Waals surface area contributed by atoms with Crippen LogP contribution in [0.4, 0.5) is 0 Å². The molecule has 0 aliphatic heterocycles.